The Morgan fingerprint density at radius 3 is 2.69 bits per heavy atom. The van der Waals surface area contributed by atoms with Crippen molar-refractivity contribution in [3.05, 3.63) is 0 Å². The molecule has 1 N–H and O–H groups in total. The van der Waals surface area contributed by atoms with E-state index in [1.807, 2.05) is 11.9 Å². The molecular weight excluding hydrogens is 164 g/mol. The molecule has 1 saturated heterocycles. The van der Waals surface area contributed by atoms with E-state index in [2.05, 4.69) is 26.1 Å². The molecule has 0 spiro atoms. The largest absolute Gasteiger partial charge is 0.343 e. The number of carbonyl (C=O) groups is 1. The van der Waals surface area contributed by atoms with Gasteiger partial charge in [0, 0.05) is 19.1 Å². The summed E-state index contributed by atoms with van der Waals surface area (Å²) in [6.45, 7) is 7.21. The maximum absolute atomic E-state index is 11.7. The summed E-state index contributed by atoms with van der Waals surface area (Å²) in [6, 6.07) is 0.712. The first-order chi connectivity index (χ1) is 6.07. The fraction of sp³-hybridized carbons (Fsp3) is 0.900. The minimum Gasteiger partial charge on any atom is -0.343 e. The zero-order valence-electron chi connectivity index (χ0n) is 9.00. The predicted octanol–water partition coefficient (Wildman–Crippen LogP) is 0.851. The van der Waals surface area contributed by atoms with E-state index in [1.54, 1.807) is 0 Å². The maximum atomic E-state index is 11.7. The van der Waals surface area contributed by atoms with Crippen LogP contribution in [0.5, 0.6) is 0 Å². The van der Waals surface area contributed by atoms with Gasteiger partial charge < -0.3 is 10.2 Å². The van der Waals surface area contributed by atoms with Crippen LogP contribution in [0.1, 0.15) is 27.2 Å². The van der Waals surface area contributed by atoms with E-state index < -0.39 is 0 Å². The van der Waals surface area contributed by atoms with Crippen LogP contribution >= 0.6 is 0 Å². The molecule has 1 aliphatic rings. The highest BCUT2D eigenvalue weighted by molar-refractivity contribution is 5.81. The molecule has 3 atom stereocenters. The van der Waals surface area contributed by atoms with Crippen molar-refractivity contribution in [2.75, 3.05) is 13.6 Å². The molecule has 0 bridgehead atoms. The minimum absolute atomic E-state index is 0.181. The van der Waals surface area contributed by atoms with Gasteiger partial charge in [-0.1, -0.05) is 6.92 Å². The Balaban J connectivity index is 2.57. The van der Waals surface area contributed by atoms with E-state index in [0.717, 1.165) is 13.0 Å². The molecule has 1 aliphatic heterocycles. The van der Waals surface area contributed by atoms with Gasteiger partial charge in [0.25, 0.3) is 0 Å². The van der Waals surface area contributed by atoms with Crippen molar-refractivity contribution in [2.45, 2.75) is 39.3 Å². The molecule has 3 nitrogen and oxygen atoms in total. The summed E-state index contributed by atoms with van der Waals surface area (Å²) in [5.74, 6) is 0.473. The molecule has 1 rings (SSSR count). The average molecular weight is 184 g/mol. The number of carbonyl (C=O) groups excluding carboxylic acids is 1. The van der Waals surface area contributed by atoms with Crippen LogP contribution in [0.3, 0.4) is 0 Å². The molecule has 13 heavy (non-hydrogen) atoms. The van der Waals surface area contributed by atoms with Gasteiger partial charge in [0.2, 0.25) is 5.91 Å². The molecule has 3 heteroatoms. The molecule has 0 saturated carbocycles. The van der Waals surface area contributed by atoms with Gasteiger partial charge in [-0.3, -0.25) is 4.79 Å². The Morgan fingerprint density at radius 1 is 1.69 bits per heavy atom. The van der Waals surface area contributed by atoms with Crippen molar-refractivity contribution in [1.82, 2.24) is 10.2 Å². The van der Waals surface area contributed by atoms with Crippen molar-refractivity contribution in [3.63, 3.8) is 0 Å². The average Bonchev–Trinajstić information content (AvgIpc) is 2.33. The molecule has 1 fully saturated rings. The minimum atomic E-state index is 0.181. The van der Waals surface area contributed by atoms with Crippen LogP contribution < -0.4 is 5.32 Å². The van der Waals surface area contributed by atoms with Gasteiger partial charge in [0.05, 0.1) is 5.92 Å². The Labute approximate surface area is 80.5 Å². The molecule has 0 aliphatic carbocycles. The van der Waals surface area contributed by atoms with E-state index in [1.165, 1.54) is 0 Å². The number of hydrogen-bond donors (Lipinski definition) is 1. The lowest BCUT2D eigenvalue weighted by molar-refractivity contribution is -0.131. The fourth-order valence-electron chi connectivity index (χ4n) is 1.99. The first-order valence-electron chi connectivity index (χ1n) is 5.08. The summed E-state index contributed by atoms with van der Waals surface area (Å²) in [7, 11) is 1.89. The zero-order chi connectivity index (χ0) is 10.0. The number of nitrogens with one attached hydrogen (secondary N) is 1. The highest BCUT2D eigenvalue weighted by atomic mass is 16.2. The van der Waals surface area contributed by atoms with Gasteiger partial charge >= 0.3 is 0 Å². The molecule has 0 aromatic heterocycles. The third-order valence-corrected chi connectivity index (χ3v) is 3.05. The standard InChI is InChI=1S/C10H20N2O/c1-5-11-8(3)9-6-7(2)12(4)10(9)13/h7-9,11H,5-6H2,1-4H3/t7?,8-,9?/m1/s1. The lowest BCUT2D eigenvalue weighted by Crippen LogP contribution is -2.38. The SMILES string of the molecule is CCN[C@H](C)C1CC(C)N(C)C1=O. The summed E-state index contributed by atoms with van der Waals surface area (Å²) >= 11 is 0. The van der Waals surface area contributed by atoms with Gasteiger partial charge in [-0.25, -0.2) is 0 Å². The lowest BCUT2D eigenvalue weighted by Gasteiger charge is -2.18. The van der Waals surface area contributed by atoms with Crippen molar-refractivity contribution >= 4 is 5.91 Å². The molecule has 0 aromatic carbocycles. The van der Waals surface area contributed by atoms with Gasteiger partial charge in [0.15, 0.2) is 0 Å². The monoisotopic (exact) mass is 184 g/mol. The Hall–Kier alpha value is -0.570. The first kappa shape index (κ1) is 10.5. The number of nitrogens with zero attached hydrogens (tertiary/aromatic N) is 1. The second-order valence-electron chi connectivity index (χ2n) is 3.99. The molecule has 1 heterocycles. The van der Waals surface area contributed by atoms with Gasteiger partial charge in [-0.05, 0) is 26.8 Å². The summed E-state index contributed by atoms with van der Waals surface area (Å²) < 4.78 is 0. The van der Waals surface area contributed by atoms with Crippen molar-refractivity contribution in [3.8, 4) is 0 Å². The van der Waals surface area contributed by atoms with E-state index in [0.29, 0.717) is 18.0 Å². The van der Waals surface area contributed by atoms with Gasteiger partial charge in [-0.15, -0.1) is 0 Å². The highest BCUT2D eigenvalue weighted by Gasteiger charge is 2.37. The van der Waals surface area contributed by atoms with E-state index in [4.69, 9.17) is 0 Å². The maximum Gasteiger partial charge on any atom is 0.227 e. The quantitative estimate of drug-likeness (QED) is 0.705. The summed E-state index contributed by atoms with van der Waals surface area (Å²) in [4.78, 5) is 13.6. The number of likely N-dealkylation sites (tertiary alicyclic amines) is 1. The third-order valence-electron chi connectivity index (χ3n) is 3.05. The number of rotatable bonds is 3. The van der Waals surface area contributed by atoms with Crippen LogP contribution in [0.4, 0.5) is 0 Å². The van der Waals surface area contributed by atoms with Gasteiger partial charge in [-0.2, -0.15) is 0 Å². The van der Waals surface area contributed by atoms with Crippen molar-refractivity contribution in [2.24, 2.45) is 5.92 Å². The molecule has 76 valence electrons. The van der Waals surface area contributed by atoms with E-state index in [9.17, 15) is 4.79 Å². The normalized spacial score (nSPS) is 31.1. The molecule has 2 unspecified atom stereocenters. The molecule has 1 amide bonds. The summed E-state index contributed by atoms with van der Waals surface area (Å²) in [5.41, 5.74) is 0. The van der Waals surface area contributed by atoms with E-state index >= 15 is 0 Å². The Morgan fingerprint density at radius 2 is 2.31 bits per heavy atom. The second-order valence-corrected chi connectivity index (χ2v) is 3.99. The van der Waals surface area contributed by atoms with Gasteiger partial charge in [0.1, 0.15) is 0 Å². The van der Waals surface area contributed by atoms with Crippen LogP contribution in [-0.2, 0) is 4.79 Å². The van der Waals surface area contributed by atoms with Crippen molar-refractivity contribution < 1.29 is 4.79 Å². The Bertz CT molecular complexity index is 193. The number of hydrogen-bond acceptors (Lipinski definition) is 2. The molecule has 0 aromatic rings. The van der Waals surface area contributed by atoms with E-state index in [-0.39, 0.29) is 5.92 Å². The zero-order valence-corrected chi connectivity index (χ0v) is 9.00. The predicted molar refractivity (Wildman–Crippen MR) is 53.5 cm³/mol. The van der Waals surface area contributed by atoms with Crippen LogP contribution in [0.15, 0.2) is 0 Å². The lowest BCUT2D eigenvalue weighted by atomic mass is 9.98. The van der Waals surface area contributed by atoms with Crippen LogP contribution in [0.25, 0.3) is 0 Å². The highest BCUT2D eigenvalue weighted by Crippen LogP contribution is 2.25. The van der Waals surface area contributed by atoms with Crippen LogP contribution in [0, 0.1) is 5.92 Å². The first-order valence-corrected chi connectivity index (χ1v) is 5.08. The second kappa shape index (κ2) is 4.09. The molecule has 0 radical (unpaired) electrons. The fourth-order valence-corrected chi connectivity index (χ4v) is 1.99. The topological polar surface area (TPSA) is 32.3 Å². The smallest absolute Gasteiger partial charge is 0.227 e. The molecular formula is C10H20N2O. The van der Waals surface area contributed by atoms with Crippen molar-refractivity contribution in [1.29, 1.82) is 0 Å². The Kier molecular flexibility index (Phi) is 3.31. The van der Waals surface area contributed by atoms with Crippen LogP contribution in [0.2, 0.25) is 0 Å². The number of amides is 1. The summed E-state index contributed by atoms with van der Waals surface area (Å²) in [5, 5.41) is 3.31. The summed E-state index contributed by atoms with van der Waals surface area (Å²) in [6.07, 6.45) is 0.990. The van der Waals surface area contributed by atoms with Crippen LogP contribution in [-0.4, -0.2) is 36.5 Å². The third kappa shape index (κ3) is 2.02.